The highest BCUT2D eigenvalue weighted by molar-refractivity contribution is 6.31. The highest BCUT2D eigenvalue weighted by Gasteiger charge is 2.20. The molecule has 1 fully saturated rings. The van der Waals surface area contributed by atoms with Crippen molar-refractivity contribution >= 4 is 17.4 Å². The molecule has 1 aromatic rings. The average molecular weight is 310 g/mol. The Kier molecular flexibility index (Phi) is 6.31. The molecule has 2 rings (SSSR count). The topological polar surface area (TPSA) is 28.2 Å². The second-order valence-corrected chi connectivity index (χ2v) is 6.93. The maximum absolute atomic E-state index is 6.29. The fraction of sp³-hybridized carbons (Fsp3) is 0.706. The minimum absolute atomic E-state index is 0.650. The lowest BCUT2D eigenvalue weighted by molar-refractivity contribution is 0.403. The Morgan fingerprint density at radius 2 is 2.29 bits per heavy atom. The fourth-order valence-corrected chi connectivity index (χ4v) is 3.05. The summed E-state index contributed by atoms with van der Waals surface area (Å²) in [6.07, 6.45) is 5.68. The maximum Gasteiger partial charge on any atom is 0.128 e. The van der Waals surface area contributed by atoms with E-state index in [0.29, 0.717) is 5.92 Å². The van der Waals surface area contributed by atoms with Crippen molar-refractivity contribution in [2.45, 2.75) is 46.6 Å². The van der Waals surface area contributed by atoms with Crippen LogP contribution in [0.1, 0.15) is 45.6 Å². The van der Waals surface area contributed by atoms with Gasteiger partial charge in [0.2, 0.25) is 0 Å². The van der Waals surface area contributed by atoms with Gasteiger partial charge in [0.1, 0.15) is 5.82 Å². The van der Waals surface area contributed by atoms with Crippen molar-refractivity contribution in [2.24, 2.45) is 11.8 Å². The van der Waals surface area contributed by atoms with Crippen LogP contribution in [0.5, 0.6) is 0 Å². The van der Waals surface area contributed by atoms with Gasteiger partial charge in [-0.25, -0.2) is 4.98 Å². The van der Waals surface area contributed by atoms with Gasteiger partial charge >= 0.3 is 0 Å². The number of hydrogen-bond acceptors (Lipinski definition) is 3. The first-order chi connectivity index (χ1) is 10.1. The summed E-state index contributed by atoms with van der Waals surface area (Å²) in [4.78, 5) is 6.96. The van der Waals surface area contributed by atoms with Crippen LogP contribution in [-0.2, 0) is 6.54 Å². The predicted molar refractivity (Wildman–Crippen MR) is 91.0 cm³/mol. The molecule has 0 bridgehead atoms. The molecule has 0 aliphatic carbocycles. The van der Waals surface area contributed by atoms with Crippen LogP contribution in [0.3, 0.4) is 0 Å². The van der Waals surface area contributed by atoms with Gasteiger partial charge in [-0.3, -0.25) is 0 Å². The van der Waals surface area contributed by atoms with Gasteiger partial charge in [-0.2, -0.15) is 0 Å². The molecule has 0 radical (unpaired) electrons. The van der Waals surface area contributed by atoms with Gasteiger partial charge in [0, 0.05) is 25.8 Å². The van der Waals surface area contributed by atoms with Crippen LogP contribution in [0.25, 0.3) is 0 Å². The lowest BCUT2D eigenvalue weighted by Gasteiger charge is -2.33. The van der Waals surface area contributed by atoms with E-state index in [-0.39, 0.29) is 0 Å². The molecule has 2 heterocycles. The number of pyridine rings is 1. The zero-order chi connectivity index (χ0) is 15.2. The third-order valence-corrected chi connectivity index (χ3v) is 4.55. The number of nitrogens with one attached hydrogen (secondary N) is 1. The second-order valence-electron chi connectivity index (χ2n) is 6.52. The molecule has 1 unspecified atom stereocenters. The number of piperidine rings is 1. The Bertz CT molecular complexity index is 448. The van der Waals surface area contributed by atoms with Crippen molar-refractivity contribution < 1.29 is 0 Å². The Balaban J connectivity index is 2.03. The van der Waals surface area contributed by atoms with Gasteiger partial charge in [-0.05, 0) is 42.9 Å². The van der Waals surface area contributed by atoms with Crippen LogP contribution in [-0.4, -0.2) is 24.6 Å². The molecule has 0 amide bonds. The number of aromatic nitrogens is 1. The molecule has 1 atom stereocenters. The molecular weight excluding hydrogens is 282 g/mol. The van der Waals surface area contributed by atoms with Crippen molar-refractivity contribution in [2.75, 3.05) is 24.5 Å². The number of hydrogen-bond donors (Lipinski definition) is 1. The third-order valence-electron chi connectivity index (χ3n) is 4.21. The first-order valence-electron chi connectivity index (χ1n) is 8.20. The molecule has 1 N–H and O–H groups in total. The molecule has 0 saturated carbocycles. The lowest BCUT2D eigenvalue weighted by Crippen LogP contribution is -2.35. The Hall–Kier alpha value is -0.800. The molecule has 0 aromatic carbocycles. The smallest absolute Gasteiger partial charge is 0.128 e. The SMILES string of the molecule is CCC1CCCN(c2cc(CNCC(C)C)c(Cl)cn2)C1. The first-order valence-corrected chi connectivity index (χ1v) is 8.58. The van der Waals surface area contributed by atoms with E-state index in [4.69, 9.17) is 11.6 Å². The Labute approximate surface area is 134 Å². The van der Waals surface area contributed by atoms with Crippen LogP contribution in [0.4, 0.5) is 5.82 Å². The van der Waals surface area contributed by atoms with Crippen molar-refractivity contribution in [3.63, 3.8) is 0 Å². The lowest BCUT2D eigenvalue weighted by atomic mass is 9.95. The molecule has 21 heavy (non-hydrogen) atoms. The molecular formula is C17H28ClN3. The van der Waals surface area contributed by atoms with Gasteiger partial charge in [0.05, 0.1) is 5.02 Å². The predicted octanol–water partition coefficient (Wildman–Crippen LogP) is 4.11. The van der Waals surface area contributed by atoms with E-state index in [1.165, 1.54) is 19.3 Å². The second kappa shape index (κ2) is 8.00. The molecule has 1 aromatic heterocycles. The number of rotatable bonds is 6. The fourth-order valence-electron chi connectivity index (χ4n) is 2.88. The summed E-state index contributed by atoms with van der Waals surface area (Å²) in [6, 6.07) is 2.16. The van der Waals surface area contributed by atoms with Crippen LogP contribution in [0, 0.1) is 11.8 Å². The summed E-state index contributed by atoms with van der Waals surface area (Å²) in [5.41, 5.74) is 1.15. The molecule has 1 aliphatic heterocycles. The summed E-state index contributed by atoms with van der Waals surface area (Å²) < 4.78 is 0. The monoisotopic (exact) mass is 309 g/mol. The summed E-state index contributed by atoms with van der Waals surface area (Å²) in [7, 11) is 0. The van der Waals surface area contributed by atoms with Crippen molar-refractivity contribution in [3.05, 3.63) is 22.8 Å². The summed E-state index contributed by atoms with van der Waals surface area (Å²) >= 11 is 6.29. The largest absolute Gasteiger partial charge is 0.356 e. The van der Waals surface area contributed by atoms with Crippen LogP contribution >= 0.6 is 11.6 Å². The highest BCUT2D eigenvalue weighted by atomic mass is 35.5. The maximum atomic E-state index is 6.29. The molecule has 1 aliphatic rings. The van der Waals surface area contributed by atoms with Crippen LogP contribution < -0.4 is 10.2 Å². The Morgan fingerprint density at radius 3 is 3.00 bits per heavy atom. The van der Waals surface area contributed by atoms with E-state index in [1.807, 2.05) is 0 Å². The van der Waals surface area contributed by atoms with E-state index < -0.39 is 0 Å². The van der Waals surface area contributed by atoms with E-state index in [2.05, 4.69) is 42.0 Å². The van der Waals surface area contributed by atoms with E-state index in [9.17, 15) is 0 Å². The molecule has 3 nitrogen and oxygen atoms in total. The summed E-state index contributed by atoms with van der Waals surface area (Å²) in [6.45, 7) is 10.8. The molecule has 118 valence electrons. The molecule has 1 saturated heterocycles. The van der Waals surface area contributed by atoms with E-state index in [1.54, 1.807) is 6.20 Å². The average Bonchev–Trinajstić information content (AvgIpc) is 2.49. The van der Waals surface area contributed by atoms with Gasteiger partial charge < -0.3 is 10.2 Å². The van der Waals surface area contributed by atoms with Gasteiger partial charge in [0.25, 0.3) is 0 Å². The van der Waals surface area contributed by atoms with Crippen LogP contribution in [0.15, 0.2) is 12.3 Å². The quantitative estimate of drug-likeness (QED) is 0.857. The third kappa shape index (κ3) is 4.86. The zero-order valence-corrected chi connectivity index (χ0v) is 14.3. The minimum atomic E-state index is 0.650. The van der Waals surface area contributed by atoms with Crippen molar-refractivity contribution in [1.29, 1.82) is 0 Å². The van der Waals surface area contributed by atoms with Gasteiger partial charge in [-0.15, -0.1) is 0 Å². The highest BCUT2D eigenvalue weighted by Crippen LogP contribution is 2.26. The standard InChI is InChI=1S/C17H28ClN3/c1-4-14-6-5-7-21(12-14)17-8-15(16(18)11-20-17)10-19-9-13(2)3/h8,11,13-14,19H,4-7,9-10,12H2,1-3H3. The van der Waals surface area contributed by atoms with Crippen LogP contribution in [0.2, 0.25) is 5.02 Å². The minimum Gasteiger partial charge on any atom is -0.356 e. The van der Waals surface area contributed by atoms with E-state index in [0.717, 1.165) is 48.5 Å². The van der Waals surface area contributed by atoms with Crippen molar-refractivity contribution in [3.8, 4) is 0 Å². The zero-order valence-electron chi connectivity index (χ0n) is 13.5. The molecule has 0 spiro atoms. The number of halogens is 1. The normalized spacial score (nSPS) is 19.3. The summed E-state index contributed by atoms with van der Waals surface area (Å²) in [5.74, 6) is 2.54. The number of nitrogens with zero attached hydrogens (tertiary/aromatic N) is 2. The number of anilines is 1. The molecule has 4 heteroatoms. The van der Waals surface area contributed by atoms with Gasteiger partial charge in [0.15, 0.2) is 0 Å². The van der Waals surface area contributed by atoms with Gasteiger partial charge in [-0.1, -0.05) is 38.8 Å². The summed E-state index contributed by atoms with van der Waals surface area (Å²) in [5, 5.41) is 4.22. The van der Waals surface area contributed by atoms with E-state index >= 15 is 0 Å². The first kappa shape index (κ1) is 16.6. The Morgan fingerprint density at radius 1 is 1.48 bits per heavy atom. The van der Waals surface area contributed by atoms with Crippen molar-refractivity contribution in [1.82, 2.24) is 10.3 Å².